The Morgan fingerprint density at radius 1 is 1.32 bits per heavy atom. The minimum atomic E-state index is -0.918. The van der Waals surface area contributed by atoms with Crippen molar-refractivity contribution in [2.75, 3.05) is 7.11 Å². The molecule has 0 aliphatic heterocycles. The summed E-state index contributed by atoms with van der Waals surface area (Å²) in [5.74, 6) is -1.07. The molecule has 2 N–H and O–H groups in total. The molecular weight excluding hydrogens is 282 g/mol. The Balaban J connectivity index is 2.75. The van der Waals surface area contributed by atoms with E-state index in [0.717, 1.165) is 11.1 Å². The number of benzene rings is 1. The van der Waals surface area contributed by atoms with Crippen LogP contribution in [0.25, 0.3) is 0 Å². The molecule has 1 amide bonds. The van der Waals surface area contributed by atoms with Crippen LogP contribution in [0.3, 0.4) is 0 Å². The number of aliphatic carboxylic acids is 1. The number of nitrogens with one attached hydrogen (secondary N) is 1. The van der Waals surface area contributed by atoms with Crippen LogP contribution in [0.2, 0.25) is 0 Å². The van der Waals surface area contributed by atoms with Crippen molar-refractivity contribution >= 4 is 11.9 Å². The molecule has 0 saturated heterocycles. The first kappa shape index (κ1) is 18.2. The predicted molar refractivity (Wildman–Crippen MR) is 84.5 cm³/mol. The SMILES string of the molecule is COCc1cccc(CC(=O)NC(C)(CC(=O)O)C(C)C)c1. The van der Waals surface area contributed by atoms with Gasteiger partial charge in [0.2, 0.25) is 5.91 Å². The minimum absolute atomic E-state index is 0.0207. The Morgan fingerprint density at radius 2 is 1.95 bits per heavy atom. The summed E-state index contributed by atoms with van der Waals surface area (Å²) in [6, 6.07) is 7.62. The number of carbonyl (C=O) groups is 2. The molecule has 0 bridgehead atoms. The lowest BCUT2D eigenvalue weighted by atomic mass is 9.85. The molecule has 0 fully saturated rings. The molecule has 0 radical (unpaired) electrons. The molecule has 1 aromatic rings. The number of hydrogen-bond acceptors (Lipinski definition) is 3. The van der Waals surface area contributed by atoms with Gasteiger partial charge in [0.05, 0.1) is 19.4 Å². The summed E-state index contributed by atoms with van der Waals surface area (Å²) < 4.78 is 5.08. The van der Waals surface area contributed by atoms with Crippen LogP contribution in [0.1, 0.15) is 38.3 Å². The number of ether oxygens (including phenoxy) is 1. The van der Waals surface area contributed by atoms with Crippen LogP contribution in [0.15, 0.2) is 24.3 Å². The van der Waals surface area contributed by atoms with E-state index in [-0.39, 0.29) is 24.7 Å². The van der Waals surface area contributed by atoms with Gasteiger partial charge < -0.3 is 15.2 Å². The summed E-state index contributed by atoms with van der Waals surface area (Å²) in [5, 5.41) is 11.9. The molecule has 1 atom stereocenters. The second-order valence-electron chi connectivity index (χ2n) is 6.12. The maximum absolute atomic E-state index is 12.2. The zero-order chi connectivity index (χ0) is 16.8. The van der Waals surface area contributed by atoms with Crippen molar-refractivity contribution in [1.82, 2.24) is 5.32 Å². The second-order valence-corrected chi connectivity index (χ2v) is 6.12. The van der Waals surface area contributed by atoms with Crippen molar-refractivity contribution < 1.29 is 19.4 Å². The number of amides is 1. The van der Waals surface area contributed by atoms with Crippen molar-refractivity contribution in [1.29, 1.82) is 0 Å². The van der Waals surface area contributed by atoms with Crippen LogP contribution in [-0.4, -0.2) is 29.6 Å². The van der Waals surface area contributed by atoms with Gasteiger partial charge in [0.25, 0.3) is 0 Å². The van der Waals surface area contributed by atoms with Crippen molar-refractivity contribution in [2.24, 2.45) is 5.92 Å². The predicted octanol–water partition coefficient (Wildman–Crippen LogP) is 2.38. The average Bonchev–Trinajstić information content (AvgIpc) is 2.37. The quantitative estimate of drug-likeness (QED) is 0.773. The third kappa shape index (κ3) is 5.48. The van der Waals surface area contributed by atoms with Gasteiger partial charge in [0.1, 0.15) is 0 Å². The fraction of sp³-hybridized carbons (Fsp3) is 0.529. The van der Waals surface area contributed by atoms with E-state index in [1.165, 1.54) is 0 Å². The smallest absolute Gasteiger partial charge is 0.305 e. The number of hydrogen-bond donors (Lipinski definition) is 2. The highest BCUT2D eigenvalue weighted by molar-refractivity contribution is 5.80. The van der Waals surface area contributed by atoms with Gasteiger partial charge in [0, 0.05) is 12.6 Å². The lowest BCUT2D eigenvalue weighted by Gasteiger charge is -2.33. The molecule has 22 heavy (non-hydrogen) atoms. The van der Waals surface area contributed by atoms with E-state index in [9.17, 15) is 9.59 Å². The number of methoxy groups -OCH3 is 1. The fourth-order valence-corrected chi connectivity index (χ4v) is 2.25. The van der Waals surface area contributed by atoms with Gasteiger partial charge in [-0.15, -0.1) is 0 Å². The Kier molecular flexibility index (Phi) is 6.56. The van der Waals surface area contributed by atoms with Crippen molar-refractivity contribution in [3.63, 3.8) is 0 Å². The van der Waals surface area contributed by atoms with Crippen LogP contribution in [0.4, 0.5) is 0 Å². The number of carbonyl (C=O) groups excluding carboxylic acids is 1. The molecule has 1 rings (SSSR count). The molecule has 0 heterocycles. The Bertz CT molecular complexity index is 527. The first-order valence-electron chi connectivity index (χ1n) is 7.36. The molecule has 0 saturated carbocycles. The van der Waals surface area contributed by atoms with Crippen LogP contribution < -0.4 is 5.32 Å². The fourth-order valence-electron chi connectivity index (χ4n) is 2.25. The van der Waals surface area contributed by atoms with Gasteiger partial charge in [-0.1, -0.05) is 38.1 Å². The van der Waals surface area contributed by atoms with Crippen LogP contribution in [0, 0.1) is 5.92 Å². The lowest BCUT2D eigenvalue weighted by Crippen LogP contribution is -2.51. The maximum atomic E-state index is 12.2. The van der Waals surface area contributed by atoms with E-state index in [2.05, 4.69) is 5.32 Å². The van der Waals surface area contributed by atoms with E-state index in [0.29, 0.717) is 6.61 Å². The summed E-state index contributed by atoms with van der Waals surface area (Å²) in [6.07, 6.45) is 0.125. The second kappa shape index (κ2) is 7.94. The summed E-state index contributed by atoms with van der Waals surface area (Å²) in [6.45, 7) is 6.08. The normalized spacial score (nSPS) is 13.7. The molecule has 1 aromatic carbocycles. The van der Waals surface area contributed by atoms with Gasteiger partial charge in [-0.05, 0) is 24.0 Å². The monoisotopic (exact) mass is 307 g/mol. The topological polar surface area (TPSA) is 75.6 Å². The Labute approximate surface area is 131 Å². The summed E-state index contributed by atoms with van der Waals surface area (Å²) in [5.41, 5.74) is 1.13. The highest BCUT2D eigenvalue weighted by Gasteiger charge is 2.32. The number of rotatable bonds is 8. The molecule has 5 nitrogen and oxygen atoms in total. The zero-order valence-electron chi connectivity index (χ0n) is 13.7. The Morgan fingerprint density at radius 3 is 2.50 bits per heavy atom. The van der Waals surface area contributed by atoms with E-state index in [1.54, 1.807) is 14.0 Å². The molecule has 122 valence electrons. The minimum Gasteiger partial charge on any atom is -0.481 e. The van der Waals surface area contributed by atoms with Gasteiger partial charge in [0.15, 0.2) is 0 Å². The molecule has 0 aliphatic rings. The van der Waals surface area contributed by atoms with Crippen LogP contribution >= 0.6 is 0 Å². The molecule has 0 aliphatic carbocycles. The third-order valence-corrected chi connectivity index (χ3v) is 3.88. The standard InChI is InChI=1S/C17H25NO4/c1-12(2)17(3,10-16(20)21)18-15(19)9-13-6-5-7-14(8-13)11-22-4/h5-8,12H,9-11H2,1-4H3,(H,18,19)(H,20,21). The van der Waals surface area contributed by atoms with E-state index < -0.39 is 11.5 Å². The summed E-state index contributed by atoms with van der Waals surface area (Å²) in [7, 11) is 1.62. The highest BCUT2D eigenvalue weighted by Crippen LogP contribution is 2.21. The van der Waals surface area contributed by atoms with Crippen LogP contribution in [0.5, 0.6) is 0 Å². The largest absolute Gasteiger partial charge is 0.481 e. The molecule has 0 aromatic heterocycles. The summed E-state index contributed by atoms with van der Waals surface area (Å²) >= 11 is 0. The van der Waals surface area contributed by atoms with Gasteiger partial charge in [-0.25, -0.2) is 0 Å². The number of carboxylic acid groups (broad SMARTS) is 1. The van der Waals surface area contributed by atoms with E-state index in [1.807, 2.05) is 38.1 Å². The first-order valence-corrected chi connectivity index (χ1v) is 7.36. The van der Waals surface area contributed by atoms with E-state index >= 15 is 0 Å². The van der Waals surface area contributed by atoms with Gasteiger partial charge in [-0.3, -0.25) is 9.59 Å². The van der Waals surface area contributed by atoms with Gasteiger partial charge in [-0.2, -0.15) is 0 Å². The molecule has 1 unspecified atom stereocenters. The molecule has 0 spiro atoms. The van der Waals surface area contributed by atoms with E-state index in [4.69, 9.17) is 9.84 Å². The first-order chi connectivity index (χ1) is 10.3. The lowest BCUT2D eigenvalue weighted by molar-refractivity contribution is -0.139. The maximum Gasteiger partial charge on any atom is 0.305 e. The van der Waals surface area contributed by atoms with Crippen molar-refractivity contribution in [3.8, 4) is 0 Å². The number of carboxylic acids is 1. The van der Waals surface area contributed by atoms with Crippen LogP contribution in [-0.2, 0) is 27.4 Å². The molecule has 5 heteroatoms. The van der Waals surface area contributed by atoms with Gasteiger partial charge >= 0.3 is 5.97 Å². The zero-order valence-corrected chi connectivity index (χ0v) is 13.7. The Hall–Kier alpha value is -1.88. The average molecular weight is 307 g/mol. The third-order valence-electron chi connectivity index (χ3n) is 3.88. The molecular formula is C17H25NO4. The summed E-state index contributed by atoms with van der Waals surface area (Å²) in [4.78, 5) is 23.3. The van der Waals surface area contributed by atoms with Crippen molar-refractivity contribution in [2.45, 2.75) is 45.8 Å². The highest BCUT2D eigenvalue weighted by atomic mass is 16.5. The van der Waals surface area contributed by atoms with Crippen molar-refractivity contribution in [3.05, 3.63) is 35.4 Å².